The largest absolute Gasteiger partial charge is 0.427 e. The maximum atomic E-state index is 12.1. The Bertz CT molecular complexity index is 634. The fourth-order valence-electron chi connectivity index (χ4n) is 3.08. The van der Waals surface area contributed by atoms with Crippen molar-refractivity contribution in [2.45, 2.75) is 44.9 Å². The molecule has 0 aliphatic heterocycles. The monoisotopic (exact) mass is 268 g/mol. The topological polar surface area (TPSA) is 30.2 Å². The molecular formula is C18H20O2. The van der Waals surface area contributed by atoms with Crippen LogP contribution in [0.1, 0.15) is 49.3 Å². The summed E-state index contributed by atoms with van der Waals surface area (Å²) in [4.78, 5) is 12.1. The highest BCUT2D eigenvalue weighted by molar-refractivity contribution is 5.66. The van der Waals surface area contributed by atoms with Gasteiger partial charge in [-0.1, -0.05) is 49.6 Å². The van der Waals surface area contributed by atoms with Crippen molar-refractivity contribution in [1.29, 1.82) is 0 Å². The Balaban J connectivity index is 2.06. The van der Waals surface area contributed by atoms with Gasteiger partial charge in [0.25, 0.3) is 0 Å². The lowest BCUT2D eigenvalue weighted by molar-refractivity contribution is 0.354. The van der Waals surface area contributed by atoms with Crippen molar-refractivity contribution in [3.05, 3.63) is 58.1 Å². The first kappa shape index (κ1) is 13.2. The van der Waals surface area contributed by atoms with E-state index in [1.165, 1.54) is 19.3 Å². The van der Waals surface area contributed by atoms with Crippen LogP contribution in [0.5, 0.6) is 0 Å². The first-order valence-electron chi connectivity index (χ1n) is 7.46. The van der Waals surface area contributed by atoms with Crippen molar-refractivity contribution in [2.24, 2.45) is 0 Å². The molecule has 1 aromatic carbocycles. The Kier molecular flexibility index (Phi) is 3.72. The van der Waals surface area contributed by atoms with E-state index in [4.69, 9.17) is 4.42 Å². The Hall–Kier alpha value is -1.83. The van der Waals surface area contributed by atoms with Crippen molar-refractivity contribution in [2.75, 3.05) is 0 Å². The lowest BCUT2D eigenvalue weighted by atomic mass is 9.86. The van der Waals surface area contributed by atoms with Gasteiger partial charge in [0.15, 0.2) is 0 Å². The van der Waals surface area contributed by atoms with E-state index in [9.17, 15) is 4.79 Å². The summed E-state index contributed by atoms with van der Waals surface area (Å²) >= 11 is 0. The highest BCUT2D eigenvalue weighted by atomic mass is 16.4. The van der Waals surface area contributed by atoms with Crippen LogP contribution in [0.2, 0.25) is 0 Å². The van der Waals surface area contributed by atoms with Crippen LogP contribution < -0.4 is 5.63 Å². The molecule has 0 N–H and O–H groups in total. The van der Waals surface area contributed by atoms with E-state index in [-0.39, 0.29) is 5.63 Å². The molecule has 1 aliphatic rings. The van der Waals surface area contributed by atoms with E-state index in [0.29, 0.717) is 11.5 Å². The molecule has 0 radical (unpaired) electrons. The Morgan fingerprint density at radius 3 is 2.45 bits per heavy atom. The van der Waals surface area contributed by atoms with E-state index < -0.39 is 0 Å². The maximum absolute atomic E-state index is 12.1. The van der Waals surface area contributed by atoms with Crippen LogP contribution in [-0.2, 0) is 0 Å². The van der Waals surface area contributed by atoms with Crippen LogP contribution in [0.4, 0.5) is 0 Å². The summed E-state index contributed by atoms with van der Waals surface area (Å²) < 4.78 is 5.55. The van der Waals surface area contributed by atoms with Crippen molar-refractivity contribution in [3.8, 4) is 11.1 Å². The van der Waals surface area contributed by atoms with Gasteiger partial charge in [0, 0.05) is 11.5 Å². The second-order valence-corrected chi connectivity index (χ2v) is 5.68. The van der Waals surface area contributed by atoms with Gasteiger partial charge in [0.05, 0.1) is 0 Å². The minimum absolute atomic E-state index is 0.188. The van der Waals surface area contributed by atoms with Crippen LogP contribution in [-0.4, -0.2) is 0 Å². The van der Waals surface area contributed by atoms with Gasteiger partial charge in [-0.15, -0.1) is 0 Å². The van der Waals surface area contributed by atoms with Crippen molar-refractivity contribution in [3.63, 3.8) is 0 Å². The van der Waals surface area contributed by atoms with E-state index in [0.717, 1.165) is 29.7 Å². The molecule has 1 aromatic heterocycles. The third-order valence-corrected chi connectivity index (χ3v) is 4.30. The SMILES string of the molecule is Cc1c(-c2ccccc2)cc(C2CCCCC2)oc1=O. The minimum Gasteiger partial charge on any atom is -0.427 e. The number of hydrogen-bond acceptors (Lipinski definition) is 2. The molecule has 20 heavy (non-hydrogen) atoms. The molecule has 0 atom stereocenters. The van der Waals surface area contributed by atoms with Crippen LogP contribution in [0.25, 0.3) is 11.1 Å². The lowest BCUT2D eigenvalue weighted by Gasteiger charge is -2.21. The molecule has 2 aromatic rings. The molecule has 3 rings (SSSR count). The Morgan fingerprint density at radius 2 is 1.75 bits per heavy atom. The second-order valence-electron chi connectivity index (χ2n) is 5.68. The van der Waals surface area contributed by atoms with Gasteiger partial charge in [0.2, 0.25) is 0 Å². The molecule has 0 saturated heterocycles. The van der Waals surface area contributed by atoms with Crippen LogP contribution in [0.15, 0.2) is 45.6 Å². The minimum atomic E-state index is -0.188. The van der Waals surface area contributed by atoms with E-state index in [1.807, 2.05) is 37.3 Å². The van der Waals surface area contributed by atoms with Crippen molar-refractivity contribution in [1.82, 2.24) is 0 Å². The van der Waals surface area contributed by atoms with Gasteiger partial charge in [-0.3, -0.25) is 0 Å². The number of hydrogen-bond donors (Lipinski definition) is 0. The predicted molar refractivity (Wildman–Crippen MR) is 81.0 cm³/mol. The van der Waals surface area contributed by atoms with Gasteiger partial charge >= 0.3 is 5.63 Å². The Labute approximate surface area is 119 Å². The van der Waals surface area contributed by atoms with Crippen LogP contribution >= 0.6 is 0 Å². The van der Waals surface area contributed by atoms with E-state index in [1.54, 1.807) is 0 Å². The molecule has 1 heterocycles. The van der Waals surface area contributed by atoms with Gasteiger partial charge in [-0.05, 0) is 37.0 Å². The molecule has 0 amide bonds. The zero-order chi connectivity index (χ0) is 13.9. The highest BCUT2D eigenvalue weighted by Crippen LogP contribution is 2.34. The van der Waals surface area contributed by atoms with Gasteiger partial charge in [0.1, 0.15) is 5.76 Å². The van der Waals surface area contributed by atoms with Gasteiger partial charge < -0.3 is 4.42 Å². The smallest absolute Gasteiger partial charge is 0.339 e. The third kappa shape index (κ3) is 2.55. The molecule has 0 bridgehead atoms. The molecular weight excluding hydrogens is 248 g/mol. The third-order valence-electron chi connectivity index (χ3n) is 4.30. The van der Waals surface area contributed by atoms with Gasteiger partial charge in [-0.2, -0.15) is 0 Å². The fourth-order valence-corrected chi connectivity index (χ4v) is 3.08. The quantitative estimate of drug-likeness (QED) is 0.792. The predicted octanol–water partition coefficient (Wildman–Crippen LogP) is 4.66. The molecule has 0 unspecified atom stereocenters. The van der Waals surface area contributed by atoms with Crippen molar-refractivity contribution < 1.29 is 4.42 Å². The summed E-state index contributed by atoms with van der Waals surface area (Å²) in [5.74, 6) is 1.29. The normalized spacial score (nSPS) is 16.2. The average Bonchev–Trinajstić information content (AvgIpc) is 2.51. The highest BCUT2D eigenvalue weighted by Gasteiger charge is 2.20. The van der Waals surface area contributed by atoms with Crippen LogP contribution in [0, 0.1) is 6.92 Å². The molecule has 0 spiro atoms. The number of benzene rings is 1. The summed E-state index contributed by atoms with van der Waals surface area (Å²) in [6, 6.07) is 12.2. The van der Waals surface area contributed by atoms with Crippen LogP contribution in [0.3, 0.4) is 0 Å². The molecule has 1 saturated carbocycles. The molecule has 2 heteroatoms. The standard InChI is InChI=1S/C18H20O2/c1-13-16(14-8-4-2-5-9-14)12-17(20-18(13)19)15-10-6-3-7-11-15/h2,4-5,8-9,12,15H,3,6-7,10-11H2,1H3. The molecule has 1 fully saturated rings. The first-order valence-corrected chi connectivity index (χ1v) is 7.46. The molecule has 1 aliphatic carbocycles. The zero-order valence-electron chi connectivity index (χ0n) is 11.9. The first-order chi connectivity index (χ1) is 9.75. The summed E-state index contributed by atoms with van der Waals surface area (Å²) in [5.41, 5.74) is 2.63. The molecule has 2 nitrogen and oxygen atoms in total. The van der Waals surface area contributed by atoms with Gasteiger partial charge in [-0.25, -0.2) is 4.79 Å². The maximum Gasteiger partial charge on any atom is 0.339 e. The summed E-state index contributed by atoms with van der Waals surface area (Å²) in [6.07, 6.45) is 6.06. The summed E-state index contributed by atoms with van der Waals surface area (Å²) in [5, 5.41) is 0. The van der Waals surface area contributed by atoms with E-state index in [2.05, 4.69) is 6.07 Å². The summed E-state index contributed by atoms with van der Waals surface area (Å²) in [7, 11) is 0. The van der Waals surface area contributed by atoms with E-state index >= 15 is 0 Å². The summed E-state index contributed by atoms with van der Waals surface area (Å²) in [6.45, 7) is 1.85. The van der Waals surface area contributed by atoms with Crippen molar-refractivity contribution >= 4 is 0 Å². The zero-order valence-corrected chi connectivity index (χ0v) is 11.9. The Morgan fingerprint density at radius 1 is 1.05 bits per heavy atom. The fraction of sp³-hybridized carbons (Fsp3) is 0.389. The average molecular weight is 268 g/mol. The molecule has 104 valence electrons. The lowest BCUT2D eigenvalue weighted by Crippen LogP contribution is -2.12. The second kappa shape index (κ2) is 5.66. The number of rotatable bonds is 2.